The smallest absolute Gasteiger partial charge is 0.222 e. The highest BCUT2D eigenvalue weighted by atomic mass is 16.5. The highest BCUT2D eigenvalue weighted by Gasteiger charge is 2.44. The van der Waals surface area contributed by atoms with Crippen LogP contribution in [0.25, 0.3) is 0 Å². The van der Waals surface area contributed by atoms with Crippen molar-refractivity contribution in [2.75, 3.05) is 33.9 Å². The molecule has 1 amide bonds. The molecule has 1 spiro atoms. The molecule has 2 heterocycles. The Morgan fingerprint density at radius 3 is 2.50 bits per heavy atom. The number of methoxy groups -OCH3 is 2. The second-order valence-electron chi connectivity index (χ2n) is 8.23. The maximum atomic E-state index is 12.9. The number of hydrogen-bond acceptors (Lipinski definition) is 6. The third-order valence-corrected chi connectivity index (χ3v) is 6.16. The van der Waals surface area contributed by atoms with Gasteiger partial charge < -0.3 is 23.8 Å². The summed E-state index contributed by atoms with van der Waals surface area (Å²) < 4.78 is 22.7. The molecule has 7 heteroatoms. The van der Waals surface area contributed by atoms with Gasteiger partial charge in [-0.2, -0.15) is 0 Å². The van der Waals surface area contributed by atoms with Crippen molar-refractivity contribution in [2.24, 2.45) is 0 Å². The van der Waals surface area contributed by atoms with Crippen molar-refractivity contribution in [3.05, 3.63) is 48.0 Å². The highest BCUT2D eigenvalue weighted by molar-refractivity contribution is 6.03. The molecular formula is C25H29NO6. The number of hydrogen-bond donors (Lipinski definition) is 0. The van der Waals surface area contributed by atoms with Crippen LogP contribution in [0.5, 0.6) is 23.0 Å². The van der Waals surface area contributed by atoms with Gasteiger partial charge in [0.2, 0.25) is 5.91 Å². The van der Waals surface area contributed by atoms with Crippen molar-refractivity contribution in [2.45, 2.75) is 37.7 Å². The molecule has 0 atom stereocenters. The first-order chi connectivity index (χ1) is 15.5. The van der Waals surface area contributed by atoms with Gasteiger partial charge in [-0.15, -0.1) is 0 Å². The lowest BCUT2D eigenvalue weighted by Gasteiger charge is -2.44. The van der Waals surface area contributed by atoms with E-state index in [1.807, 2.05) is 35.2 Å². The van der Waals surface area contributed by atoms with Crippen molar-refractivity contribution < 1.29 is 28.5 Å². The molecule has 0 bridgehead atoms. The van der Waals surface area contributed by atoms with Gasteiger partial charge in [0, 0.05) is 44.5 Å². The van der Waals surface area contributed by atoms with E-state index in [9.17, 15) is 9.59 Å². The number of Topliss-reactive ketones (excluding diaryl/α,β-unsaturated/α-hetero) is 1. The number of fused-ring (bicyclic) bond motifs is 1. The van der Waals surface area contributed by atoms with E-state index in [2.05, 4.69) is 0 Å². The molecule has 32 heavy (non-hydrogen) atoms. The second kappa shape index (κ2) is 9.51. The van der Waals surface area contributed by atoms with Gasteiger partial charge >= 0.3 is 0 Å². The minimum absolute atomic E-state index is 0.00332. The Kier molecular flexibility index (Phi) is 6.53. The molecule has 2 aliphatic rings. The Hall–Kier alpha value is -3.22. The van der Waals surface area contributed by atoms with Crippen LogP contribution >= 0.6 is 0 Å². The molecule has 0 aromatic heterocycles. The van der Waals surface area contributed by atoms with E-state index in [0.717, 1.165) is 5.75 Å². The molecule has 2 aliphatic heterocycles. The van der Waals surface area contributed by atoms with Crippen LogP contribution < -0.4 is 18.9 Å². The molecule has 0 aliphatic carbocycles. The number of piperidine rings is 1. The van der Waals surface area contributed by atoms with Crippen molar-refractivity contribution in [3.8, 4) is 23.0 Å². The van der Waals surface area contributed by atoms with Crippen LogP contribution in [0.15, 0.2) is 42.5 Å². The SMILES string of the molecule is COc1cc(OC)c2c(c1)OC1(CCN(C(=O)CCCOc3ccccc3)CC1)CC2=O. The minimum Gasteiger partial charge on any atom is -0.496 e. The van der Waals surface area contributed by atoms with E-state index in [4.69, 9.17) is 18.9 Å². The number of carbonyl (C=O) groups is 2. The Bertz CT molecular complexity index is 966. The summed E-state index contributed by atoms with van der Waals surface area (Å²) in [5.74, 6) is 2.47. The van der Waals surface area contributed by atoms with Gasteiger partial charge in [-0.3, -0.25) is 9.59 Å². The van der Waals surface area contributed by atoms with Gasteiger partial charge in [0.25, 0.3) is 0 Å². The summed E-state index contributed by atoms with van der Waals surface area (Å²) in [7, 11) is 3.10. The van der Waals surface area contributed by atoms with Crippen molar-refractivity contribution in [3.63, 3.8) is 0 Å². The van der Waals surface area contributed by atoms with Crippen LogP contribution in [-0.2, 0) is 4.79 Å². The number of nitrogens with zero attached hydrogens (tertiary/aromatic N) is 1. The number of benzene rings is 2. The third kappa shape index (κ3) is 4.66. The van der Waals surface area contributed by atoms with E-state index in [1.165, 1.54) is 7.11 Å². The fourth-order valence-electron chi connectivity index (χ4n) is 4.38. The number of likely N-dealkylation sites (tertiary alicyclic amines) is 1. The molecule has 7 nitrogen and oxygen atoms in total. The Labute approximate surface area is 188 Å². The van der Waals surface area contributed by atoms with Crippen LogP contribution in [-0.4, -0.2) is 56.1 Å². The average Bonchev–Trinajstić information content (AvgIpc) is 2.81. The third-order valence-electron chi connectivity index (χ3n) is 6.16. The molecule has 2 aromatic rings. The average molecular weight is 440 g/mol. The van der Waals surface area contributed by atoms with Gasteiger partial charge in [0.05, 0.1) is 27.2 Å². The fourth-order valence-corrected chi connectivity index (χ4v) is 4.38. The zero-order valence-corrected chi connectivity index (χ0v) is 18.6. The summed E-state index contributed by atoms with van der Waals surface area (Å²) in [6.07, 6.45) is 2.62. The molecule has 0 N–H and O–H groups in total. The topological polar surface area (TPSA) is 74.3 Å². The Morgan fingerprint density at radius 2 is 1.81 bits per heavy atom. The number of ether oxygens (including phenoxy) is 4. The largest absolute Gasteiger partial charge is 0.496 e. The molecule has 1 fully saturated rings. The molecule has 0 unspecified atom stereocenters. The molecule has 170 valence electrons. The number of carbonyl (C=O) groups excluding carboxylic acids is 2. The van der Waals surface area contributed by atoms with E-state index < -0.39 is 5.60 Å². The van der Waals surface area contributed by atoms with E-state index in [0.29, 0.717) is 68.2 Å². The lowest BCUT2D eigenvalue weighted by atomic mass is 9.82. The van der Waals surface area contributed by atoms with Crippen LogP contribution in [0, 0.1) is 0 Å². The molecule has 4 rings (SSSR count). The van der Waals surface area contributed by atoms with Gasteiger partial charge in [0.1, 0.15) is 34.2 Å². The summed E-state index contributed by atoms with van der Waals surface area (Å²) in [6.45, 7) is 1.65. The summed E-state index contributed by atoms with van der Waals surface area (Å²) >= 11 is 0. The predicted octanol–water partition coefficient (Wildman–Crippen LogP) is 3.89. The summed E-state index contributed by atoms with van der Waals surface area (Å²) in [6, 6.07) is 13.0. The monoisotopic (exact) mass is 439 g/mol. The van der Waals surface area contributed by atoms with Gasteiger partial charge in [-0.1, -0.05) is 18.2 Å². The van der Waals surface area contributed by atoms with Gasteiger partial charge in [-0.25, -0.2) is 0 Å². The standard InChI is InChI=1S/C25H29NO6/c1-29-19-15-21(30-2)24-20(27)17-25(32-22(24)16-19)10-12-26(13-11-25)23(28)9-6-14-31-18-7-4-3-5-8-18/h3-5,7-8,15-16H,6,9-14,17H2,1-2H3. The summed E-state index contributed by atoms with van der Waals surface area (Å²) in [4.78, 5) is 27.5. The molecule has 0 saturated carbocycles. The first-order valence-electron chi connectivity index (χ1n) is 11.0. The van der Waals surface area contributed by atoms with E-state index in [-0.39, 0.29) is 18.1 Å². The lowest BCUT2D eigenvalue weighted by molar-refractivity contribution is -0.135. The second-order valence-corrected chi connectivity index (χ2v) is 8.23. The van der Waals surface area contributed by atoms with Crippen LogP contribution in [0.1, 0.15) is 42.5 Å². The Balaban J connectivity index is 1.32. The number of ketones is 1. The molecule has 0 radical (unpaired) electrons. The first kappa shape index (κ1) is 22.0. The van der Waals surface area contributed by atoms with E-state index in [1.54, 1.807) is 19.2 Å². The normalized spacial score (nSPS) is 16.8. The number of amides is 1. The van der Waals surface area contributed by atoms with Crippen LogP contribution in [0.3, 0.4) is 0 Å². The quantitative estimate of drug-likeness (QED) is 0.610. The summed E-state index contributed by atoms with van der Waals surface area (Å²) in [5.41, 5.74) is -0.120. The molecule has 1 saturated heterocycles. The van der Waals surface area contributed by atoms with Gasteiger partial charge in [-0.05, 0) is 18.6 Å². The van der Waals surface area contributed by atoms with E-state index >= 15 is 0 Å². The maximum absolute atomic E-state index is 12.9. The number of rotatable bonds is 7. The van der Waals surface area contributed by atoms with Crippen LogP contribution in [0.4, 0.5) is 0 Å². The zero-order chi connectivity index (χ0) is 22.6. The molecule has 2 aromatic carbocycles. The lowest BCUT2D eigenvalue weighted by Crippen LogP contribution is -2.52. The molecular weight excluding hydrogens is 410 g/mol. The number of para-hydroxylation sites is 1. The fraction of sp³-hybridized carbons (Fsp3) is 0.440. The summed E-state index contributed by atoms with van der Waals surface area (Å²) in [5, 5.41) is 0. The maximum Gasteiger partial charge on any atom is 0.222 e. The minimum atomic E-state index is -0.589. The highest BCUT2D eigenvalue weighted by Crippen LogP contribution is 2.44. The Morgan fingerprint density at radius 1 is 1.06 bits per heavy atom. The van der Waals surface area contributed by atoms with Crippen LogP contribution in [0.2, 0.25) is 0 Å². The van der Waals surface area contributed by atoms with Crippen molar-refractivity contribution in [1.29, 1.82) is 0 Å². The predicted molar refractivity (Wildman–Crippen MR) is 119 cm³/mol. The zero-order valence-electron chi connectivity index (χ0n) is 18.6. The van der Waals surface area contributed by atoms with Crippen molar-refractivity contribution in [1.82, 2.24) is 4.90 Å². The first-order valence-corrected chi connectivity index (χ1v) is 11.0. The van der Waals surface area contributed by atoms with Crippen molar-refractivity contribution >= 4 is 11.7 Å². The van der Waals surface area contributed by atoms with Gasteiger partial charge in [0.15, 0.2) is 5.78 Å².